The normalized spacial score (nSPS) is 14.4. The molecule has 1 aliphatic heterocycles. The van der Waals surface area contributed by atoms with Crippen molar-refractivity contribution in [2.75, 3.05) is 41.7 Å². The average molecular weight is 539 g/mol. The van der Waals surface area contributed by atoms with Gasteiger partial charge in [0.15, 0.2) is 0 Å². The summed E-state index contributed by atoms with van der Waals surface area (Å²) in [5, 5.41) is 5.29. The second-order valence-corrected chi connectivity index (χ2v) is 8.70. The fourth-order valence-corrected chi connectivity index (χ4v) is 3.88. The van der Waals surface area contributed by atoms with E-state index >= 15 is 0 Å². The smallest absolute Gasteiger partial charge is 0.353 e. The number of anilines is 4. The number of aryl methyl sites for hydroxylation is 2. The van der Waals surface area contributed by atoms with Crippen LogP contribution in [-0.2, 0) is 12.4 Å². The van der Waals surface area contributed by atoms with Gasteiger partial charge in [-0.3, -0.25) is 0 Å². The minimum Gasteiger partial charge on any atom is -0.353 e. The Kier molecular flexibility index (Phi) is 7.33. The van der Waals surface area contributed by atoms with E-state index in [4.69, 9.17) is 0 Å². The van der Waals surface area contributed by atoms with Crippen LogP contribution < -0.4 is 15.5 Å². The van der Waals surface area contributed by atoms with E-state index in [9.17, 15) is 31.1 Å². The maximum atomic E-state index is 13.1. The maximum absolute atomic E-state index is 13.1. The van der Waals surface area contributed by atoms with Gasteiger partial charge in [-0.05, 0) is 49.7 Å². The van der Waals surface area contributed by atoms with E-state index in [1.807, 2.05) is 24.0 Å². The number of carbonyl (C=O) groups is 1. The van der Waals surface area contributed by atoms with Gasteiger partial charge in [0.1, 0.15) is 23.3 Å². The lowest BCUT2D eigenvalue weighted by molar-refractivity contribution is -0.143. The topological polar surface area (TPSA) is 86.3 Å². The van der Waals surface area contributed by atoms with Crippen LogP contribution in [0.15, 0.2) is 42.6 Å². The molecule has 0 atom stereocenters. The maximum Gasteiger partial charge on any atom is 0.416 e. The van der Waals surface area contributed by atoms with Crippen LogP contribution in [0.3, 0.4) is 0 Å². The van der Waals surface area contributed by atoms with Crippen molar-refractivity contribution in [1.82, 2.24) is 19.9 Å². The minimum absolute atomic E-state index is 0.0102. The number of piperazine rings is 1. The first-order chi connectivity index (χ1) is 17.8. The highest BCUT2D eigenvalue weighted by Gasteiger charge is 2.37. The molecule has 0 aliphatic carbocycles. The summed E-state index contributed by atoms with van der Waals surface area (Å²) in [7, 11) is 0. The molecule has 2 N–H and O–H groups in total. The van der Waals surface area contributed by atoms with E-state index in [2.05, 4.69) is 25.6 Å². The fraction of sp³-hybridized carbons (Fsp3) is 0.333. The first kappa shape index (κ1) is 26.9. The van der Waals surface area contributed by atoms with E-state index in [1.54, 1.807) is 19.2 Å². The second-order valence-electron chi connectivity index (χ2n) is 8.70. The van der Waals surface area contributed by atoms with Gasteiger partial charge in [0, 0.05) is 44.1 Å². The highest BCUT2D eigenvalue weighted by atomic mass is 19.4. The third-order valence-corrected chi connectivity index (χ3v) is 5.73. The first-order valence-electron chi connectivity index (χ1n) is 11.4. The first-order valence-corrected chi connectivity index (χ1v) is 11.4. The number of hydrogen-bond acceptors (Lipinski definition) is 6. The molecule has 2 amide bonds. The molecular weight excluding hydrogens is 516 g/mol. The molecule has 1 aliphatic rings. The highest BCUT2D eigenvalue weighted by molar-refractivity contribution is 5.89. The van der Waals surface area contributed by atoms with Crippen LogP contribution in [0.25, 0.3) is 0 Å². The van der Waals surface area contributed by atoms with Gasteiger partial charge in [-0.2, -0.15) is 26.3 Å². The number of nitrogens with zero attached hydrogens (tertiary/aromatic N) is 5. The van der Waals surface area contributed by atoms with Crippen LogP contribution in [0.2, 0.25) is 0 Å². The molecule has 1 aromatic carbocycles. The van der Waals surface area contributed by atoms with Gasteiger partial charge in [0.05, 0.1) is 11.1 Å². The molecule has 1 saturated heterocycles. The second kappa shape index (κ2) is 10.3. The van der Waals surface area contributed by atoms with Crippen molar-refractivity contribution in [2.45, 2.75) is 26.2 Å². The number of hydrogen-bond donors (Lipinski definition) is 2. The van der Waals surface area contributed by atoms with Gasteiger partial charge in [-0.25, -0.2) is 19.7 Å². The van der Waals surface area contributed by atoms with E-state index in [0.717, 1.165) is 5.56 Å². The third kappa shape index (κ3) is 6.61. The fourth-order valence-electron chi connectivity index (χ4n) is 3.88. The predicted octanol–water partition coefficient (Wildman–Crippen LogP) is 5.62. The Balaban J connectivity index is 1.43. The molecule has 2 aromatic heterocycles. The van der Waals surface area contributed by atoms with Gasteiger partial charge in [0.25, 0.3) is 0 Å². The minimum atomic E-state index is -5.01. The predicted molar refractivity (Wildman–Crippen MR) is 128 cm³/mol. The summed E-state index contributed by atoms with van der Waals surface area (Å²) in [5.74, 6) is 2.23. The number of pyridine rings is 1. The molecule has 202 valence electrons. The number of rotatable bonds is 4. The molecule has 14 heteroatoms. The van der Waals surface area contributed by atoms with Crippen LogP contribution in [0.5, 0.6) is 0 Å². The zero-order valence-corrected chi connectivity index (χ0v) is 20.3. The quantitative estimate of drug-likeness (QED) is 0.419. The Morgan fingerprint density at radius 1 is 0.842 bits per heavy atom. The standard InChI is InChI=1S/C24H23F6N7O/c1-14-3-4-31-19(9-14)35-20-13-21(33-15(2)32-20)36-5-7-37(8-6-36)22(38)34-18-11-16(23(25,26)27)10-17(12-18)24(28,29)30/h3-4,9-13H,5-8H2,1-2H3,(H,34,38)(H,31,32,33,35). The molecule has 8 nitrogen and oxygen atoms in total. The van der Waals surface area contributed by atoms with E-state index in [-0.39, 0.29) is 19.2 Å². The molecular formula is C24H23F6N7O. The molecule has 0 bridgehead atoms. The van der Waals surface area contributed by atoms with E-state index < -0.39 is 35.2 Å². The van der Waals surface area contributed by atoms with Gasteiger partial charge in [-0.15, -0.1) is 0 Å². The zero-order valence-electron chi connectivity index (χ0n) is 20.3. The monoisotopic (exact) mass is 539 g/mol. The lowest BCUT2D eigenvalue weighted by Crippen LogP contribution is -2.50. The number of halogens is 6. The molecule has 38 heavy (non-hydrogen) atoms. The number of aromatic nitrogens is 3. The molecule has 4 rings (SSSR count). The summed E-state index contributed by atoms with van der Waals surface area (Å²) >= 11 is 0. The Hall–Kier alpha value is -4.10. The molecule has 0 spiro atoms. The molecule has 3 heterocycles. The Morgan fingerprint density at radius 2 is 1.47 bits per heavy atom. The number of amides is 2. The van der Waals surface area contributed by atoms with Crippen molar-refractivity contribution in [3.8, 4) is 0 Å². The molecule has 0 radical (unpaired) electrons. The number of carbonyl (C=O) groups excluding carboxylic acids is 1. The zero-order chi connectivity index (χ0) is 27.7. The van der Waals surface area contributed by atoms with E-state index in [1.165, 1.54) is 4.90 Å². The Morgan fingerprint density at radius 3 is 2.05 bits per heavy atom. The van der Waals surface area contributed by atoms with Gasteiger partial charge in [-0.1, -0.05) is 0 Å². The van der Waals surface area contributed by atoms with Crippen molar-refractivity contribution in [1.29, 1.82) is 0 Å². The van der Waals surface area contributed by atoms with E-state index in [0.29, 0.717) is 48.5 Å². The average Bonchev–Trinajstić information content (AvgIpc) is 2.82. The molecule has 3 aromatic rings. The van der Waals surface area contributed by atoms with Crippen molar-refractivity contribution >= 4 is 29.2 Å². The summed E-state index contributed by atoms with van der Waals surface area (Å²) < 4.78 is 78.7. The molecule has 0 unspecified atom stereocenters. The summed E-state index contributed by atoms with van der Waals surface area (Å²) in [5.41, 5.74) is -2.58. The summed E-state index contributed by atoms with van der Waals surface area (Å²) in [6, 6.07) is 5.61. The highest BCUT2D eigenvalue weighted by Crippen LogP contribution is 2.37. The Labute approximate surface area is 213 Å². The number of nitrogens with one attached hydrogen (secondary N) is 2. The lowest BCUT2D eigenvalue weighted by atomic mass is 10.1. The van der Waals surface area contributed by atoms with Crippen LogP contribution >= 0.6 is 0 Å². The molecule has 0 saturated carbocycles. The third-order valence-electron chi connectivity index (χ3n) is 5.73. The van der Waals surface area contributed by atoms with Gasteiger partial charge in [0.2, 0.25) is 0 Å². The SMILES string of the molecule is Cc1ccnc(Nc2cc(N3CCN(C(=O)Nc4cc(C(F)(F)F)cc(C(F)(F)F)c4)CC3)nc(C)n2)c1. The number of alkyl halides is 6. The summed E-state index contributed by atoms with van der Waals surface area (Å²) in [4.78, 5) is 28.9. The van der Waals surface area contributed by atoms with Crippen LogP contribution in [-0.4, -0.2) is 52.1 Å². The van der Waals surface area contributed by atoms with Gasteiger partial charge >= 0.3 is 18.4 Å². The largest absolute Gasteiger partial charge is 0.416 e. The van der Waals surface area contributed by atoms with Crippen LogP contribution in [0, 0.1) is 13.8 Å². The molecule has 1 fully saturated rings. The summed E-state index contributed by atoms with van der Waals surface area (Å²) in [6.45, 7) is 4.67. The summed E-state index contributed by atoms with van der Waals surface area (Å²) in [6.07, 6.45) is -8.35. The number of urea groups is 1. The van der Waals surface area contributed by atoms with Crippen molar-refractivity contribution in [3.05, 3.63) is 65.1 Å². The van der Waals surface area contributed by atoms with Crippen molar-refractivity contribution in [2.24, 2.45) is 0 Å². The number of benzene rings is 1. The van der Waals surface area contributed by atoms with Crippen molar-refractivity contribution in [3.63, 3.8) is 0 Å². The van der Waals surface area contributed by atoms with Crippen LogP contribution in [0.4, 0.5) is 54.3 Å². The van der Waals surface area contributed by atoms with Crippen LogP contribution in [0.1, 0.15) is 22.5 Å². The Bertz CT molecular complexity index is 1290. The van der Waals surface area contributed by atoms with Crippen molar-refractivity contribution < 1.29 is 31.1 Å². The van der Waals surface area contributed by atoms with Gasteiger partial charge < -0.3 is 20.4 Å². The lowest BCUT2D eigenvalue weighted by Gasteiger charge is -2.35.